The number of benzene rings is 2. The summed E-state index contributed by atoms with van der Waals surface area (Å²) in [6.07, 6.45) is 0.557. The van der Waals surface area contributed by atoms with Crippen molar-refractivity contribution in [1.29, 1.82) is 5.26 Å². The molecule has 2 aromatic carbocycles. The van der Waals surface area contributed by atoms with Crippen LogP contribution in [0.2, 0.25) is 0 Å². The van der Waals surface area contributed by atoms with Gasteiger partial charge in [0, 0.05) is 11.6 Å². The normalized spacial score (nSPS) is 16.9. The minimum Gasteiger partial charge on any atom is -0.497 e. The van der Waals surface area contributed by atoms with Crippen molar-refractivity contribution in [1.82, 2.24) is 4.90 Å². The third-order valence-electron chi connectivity index (χ3n) is 5.35. The molecule has 3 amide bonds. The van der Waals surface area contributed by atoms with E-state index in [9.17, 15) is 14.4 Å². The smallest absolute Gasteiger partial charge is 0.257 e. The van der Waals surface area contributed by atoms with Gasteiger partial charge in [-0.15, -0.1) is 0 Å². The van der Waals surface area contributed by atoms with Crippen molar-refractivity contribution in [3.63, 3.8) is 0 Å². The van der Waals surface area contributed by atoms with Crippen LogP contribution in [0.4, 0.5) is 5.69 Å². The molecule has 1 fully saturated rings. The number of hydrogen-bond acceptors (Lipinski definition) is 5. The fourth-order valence-corrected chi connectivity index (χ4v) is 3.52. The first-order chi connectivity index (χ1) is 14.4. The second-order valence-electron chi connectivity index (χ2n) is 7.14. The van der Waals surface area contributed by atoms with Gasteiger partial charge in [0.15, 0.2) is 0 Å². The van der Waals surface area contributed by atoms with Crippen LogP contribution in [0.3, 0.4) is 0 Å². The number of nitriles is 1. The first-order valence-electron chi connectivity index (χ1n) is 9.75. The van der Waals surface area contributed by atoms with E-state index >= 15 is 0 Å². The van der Waals surface area contributed by atoms with Gasteiger partial charge in [-0.05, 0) is 61.9 Å². The van der Waals surface area contributed by atoms with E-state index in [1.807, 2.05) is 19.9 Å². The number of amides is 3. The zero-order chi connectivity index (χ0) is 21.8. The Bertz CT molecular complexity index is 993. The maximum absolute atomic E-state index is 13.3. The molecule has 0 saturated carbocycles. The Balaban J connectivity index is 1.92. The molecule has 0 aliphatic carbocycles. The standard InChI is InChI=1S/C23H23N3O4/c1-4-15(2)25(22(28)17-7-11-19(30-3)12-8-17)20-13-21(27)26(23(20)29)18-9-5-16(14-24)6-10-18/h5-12,15,20H,4,13H2,1-3H3. The van der Waals surface area contributed by atoms with Gasteiger partial charge < -0.3 is 9.64 Å². The molecule has 2 atom stereocenters. The number of imide groups is 1. The number of ether oxygens (including phenoxy) is 1. The lowest BCUT2D eigenvalue weighted by molar-refractivity contribution is -0.122. The molecule has 1 heterocycles. The van der Waals surface area contributed by atoms with Crippen molar-refractivity contribution < 1.29 is 19.1 Å². The third-order valence-corrected chi connectivity index (χ3v) is 5.35. The van der Waals surface area contributed by atoms with Crippen LogP contribution in [0.25, 0.3) is 0 Å². The van der Waals surface area contributed by atoms with Gasteiger partial charge in [-0.1, -0.05) is 6.92 Å². The summed E-state index contributed by atoms with van der Waals surface area (Å²) in [5, 5.41) is 8.95. The minimum absolute atomic E-state index is 0.0783. The third kappa shape index (κ3) is 3.90. The summed E-state index contributed by atoms with van der Waals surface area (Å²) in [4.78, 5) is 41.8. The highest BCUT2D eigenvalue weighted by atomic mass is 16.5. The van der Waals surface area contributed by atoms with Crippen LogP contribution in [-0.2, 0) is 9.59 Å². The Morgan fingerprint density at radius 2 is 1.83 bits per heavy atom. The number of carbonyl (C=O) groups excluding carboxylic acids is 3. The van der Waals surface area contributed by atoms with E-state index < -0.39 is 11.9 Å². The van der Waals surface area contributed by atoms with Gasteiger partial charge in [0.2, 0.25) is 5.91 Å². The maximum Gasteiger partial charge on any atom is 0.257 e. The Morgan fingerprint density at radius 3 is 2.37 bits per heavy atom. The average Bonchev–Trinajstić information content (AvgIpc) is 3.07. The minimum atomic E-state index is -0.877. The van der Waals surface area contributed by atoms with Gasteiger partial charge in [-0.3, -0.25) is 14.4 Å². The predicted octanol–water partition coefficient (Wildman–Crippen LogP) is 3.14. The molecule has 7 nitrogen and oxygen atoms in total. The van der Waals surface area contributed by atoms with Crippen molar-refractivity contribution in [3.8, 4) is 11.8 Å². The van der Waals surface area contributed by atoms with Crippen LogP contribution in [0.5, 0.6) is 5.75 Å². The molecule has 3 rings (SSSR count). The van der Waals surface area contributed by atoms with Crippen molar-refractivity contribution in [3.05, 3.63) is 59.7 Å². The van der Waals surface area contributed by atoms with Gasteiger partial charge >= 0.3 is 0 Å². The molecule has 0 radical (unpaired) electrons. The Morgan fingerprint density at radius 1 is 1.20 bits per heavy atom. The van der Waals surface area contributed by atoms with E-state index in [4.69, 9.17) is 10.00 Å². The SMILES string of the molecule is CCC(C)N(C(=O)c1ccc(OC)cc1)C1CC(=O)N(c2ccc(C#N)cc2)C1=O. The van der Waals surface area contributed by atoms with Crippen LogP contribution in [0, 0.1) is 11.3 Å². The fraction of sp³-hybridized carbons (Fsp3) is 0.304. The summed E-state index contributed by atoms with van der Waals surface area (Å²) < 4.78 is 5.14. The summed E-state index contributed by atoms with van der Waals surface area (Å²) in [6.45, 7) is 3.79. The molecule has 154 valence electrons. The highest BCUT2D eigenvalue weighted by molar-refractivity contribution is 6.23. The number of methoxy groups -OCH3 is 1. The quantitative estimate of drug-likeness (QED) is 0.689. The van der Waals surface area contributed by atoms with Gasteiger partial charge in [-0.25, -0.2) is 4.90 Å². The topological polar surface area (TPSA) is 90.7 Å². The second kappa shape index (κ2) is 8.78. The first kappa shape index (κ1) is 21.1. The highest BCUT2D eigenvalue weighted by Crippen LogP contribution is 2.29. The number of nitrogens with zero attached hydrogens (tertiary/aromatic N) is 3. The molecule has 1 saturated heterocycles. The van der Waals surface area contributed by atoms with Crippen LogP contribution >= 0.6 is 0 Å². The van der Waals surface area contributed by atoms with Gasteiger partial charge in [0.05, 0.1) is 30.9 Å². The first-order valence-corrected chi connectivity index (χ1v) is 9.75. The van der Waals surface area contributed by atoms with E-state index in [2.05, 4.69) is 0 Å². The molecule has 1 aliphatic rings. The van der Waals surface area contributed by atoms with E-state index in [-0.39, 0.29) is 24.3 Å². The summed E-state index contributed by atoms with van der Waals surface area (Å²) in [5.41, 5.74) is 1.26. The van der Waals surface area contributed by atoms with E-state index in [1.54, 1.807) is 55.6 Å². The molecule has 1 aliphatic heterocycles. The van der Waals surface area contributed by atoms with Gasteiger partial charge in [0.1, 0.15) is 11.8 Å². The van der Waals surface area contributed by atoms with Gasteiger partial charge in [-0.2, -0.15) is 5.26 Å². The molecule has 2 aromatic rings. The van der Waals surface area contributed by atoms with Gasteiger partial charge in [0.25, 0.3) is 11.8 Å². The van der Waals surface area contributed by atoms with E-state index in [0.29, 0.717) is 29.0 Å². The molecular weight excluding hydrogens is 382 g/mol. The van der Waals surface area contributed by atoms with E-state index in [1.165, 1.54) is 4.90 Å². The predicted molar refractivity (Wildman–Crippen MR) is 111 cm³/mol. The van der Waals surface area contributed by atoms with Crippen LogP contribution in [-0.4, -0.2) is 41.8 Å². The number of rotatable bonds is 6. The summed E-state index contributed by atoms with van der Waals surface area (Å²) in [5.74, 6) is -0.488. The Labute approximate surface area is 175 Å². The lowest BCUT2D eigenvalue weighted by Gasteiger charge is -2.33. The van der Waals surface area contributed by atoms with E-state index in [0.717, 1.165) is 4.90 Å². The largest absolute Gasteiger partial charge is 0.497 e. The van der Waals surface area contributed by atoms with Crippen LogP contribution in [0.15, 0.2) is 48.5 Å². The molecule has 0 N–H and O–H groups in total. The monoisotopic (exact) mass is 405 g/mol. The maximum atomic E-state index is 13.3. The van der Waals surface area contributed by atoms with Crippen molar-refractivity contribution in [2.75, 3.05) is 12.0 Å². The summed E-state index contributed by atoms with van der Waals surface area (Å²) >= 11 is 0. The zero-order valence-electron chi connectivity index (χ0n) is 17.2. The molecule has 30 heavy (non-hydrogen) atoms. The zero-order valence-corrected chi connectivity index (χ0v) is 17.2. The Kier molecular flexibility index (Phi) is 6.17. The molecule has 0 aromatic heterocycles. The molecule has 2 unspecified atom stereocenters. The van der Waals surface area contributed by atoms with Crippen LogP contribution < -0.4 is 9.64 Å². The molecule has 0 bridgehead atoms. The second-order valence-corrected chi connectivity index (χ2v) is 7.14. The number of carbonyl (C=O) groups is 3. The number of anilines is 1. The van der Waals surface area contributed by atoms with Crippen molar-refractivity contribution in [2.45, 2.75) is 38.8 Å². The molecule has 7 heteroatoms. The summed E-state index contributed by atoms with van der Waals surface area (Å²) in [7, 11) is 1.54. The highest BCUT2D eigenvalue weighted by Gasteiger charge is 2.45. The number of hydrogen-bond donors (Lipinski definition) is 0. The lowest BCUT2D eigenvalue weighted by atomic mass is 10.1. The average molecular weight is 405 g/mol. The molecular formula is C23H23N3O4. The lowest BCUT2D eigenvalue weighted by Crippen LogP contribution is -2.49. The van der Waals surface area contributed by atoms with Crippen molar-refractivity contribution in [2.24, 2.45) is 0 Å². The summed E-state index contributed by atoms with van der Waals surface area (Å²) in [6, 6.07) is 13.8. The van der Waals surface area contributed by atoms with Crippen molar-refractivity contribution >= 4 is 23.4 Å². The molecule has 0 spiro atoms. The van der Waals surface area contributed by atoms with Crippen LogP contribution in [0.1, 0.15) is 42.6 Å². The Hall–Kier alpha value is -3.66. The fourth-order valence-electron chi connectivity index (χ4n) is 3.52.